The Balaban J connectivity index is 1.51. The summed E-state index contributed by atoms with van der Waals surface area (Å²) in [6.07, 6.45) is 3.95. The van der Waals surface area contributed by atoms with E-state index >= 15 is 0 Å². The number of carbonyl (C=O) groups excluding carboxylic acids is 2. The maximum absolute atomic E-state index is 12.8. The van der Waals surface area contributed by atoms with Crippen molar-refractivity contribution in [3.8, 4) is 0 Å². The third kappa shape index (κ3) is 4.62. The van der Waals surface area contributed by atoms with Gasteiger partial charge in [0.1, 0.15) is 6.04 Å². The molecule has 6 nitrogen and oxygen atoms in total. The fourth-order valence-electron chi connectivity index (χ4n) is 3.82. The zero-order valence-corrected chi connectivity index (χ0v) is 15.5. The second kappa shape index (κ2) is 8.64. The van der Waals surface area contributed by atoms with Gasteiger partial charge in [-0.15, -0.1) is 0 Å². The van der Waals surface area contributed by atoms with Gasteiger partial charge in [0.15, 0.2) is 0 Å². The maximum atomic E-state index is 12.8. The number of hydrogen-bond donors (Lipinski definition) is 3. The molecule has 1 aromatic rings. The SMILES string of the molecule is Cc1ccc(C(N)C(=O)N2CCCC(CNC(=O)C3CCCN3)C2)cc1. The van der Waals surface area contributed by atoms with Crippen LogP contribution < -0.4 is 16.4 Å². The quantitative estimate of drug-likeness (QED) is 0.736. The summed E-state index contributed by atoms with van der Waals surface area (Å²) in [5.41, 5.74) is 8.20. The van der Waals surface area contributed by atoms with E-state index in [4.69, 9.17) is 5.73 Å². The Morgan fingerprint density at radius 1 is 1.27 bits per heavy atom. The molecule has 2 amide bonds. The van der Waals surface area contributed by atoms with Gasteiger partial charge in [-0.2, -0.15) is 0 Å². The van der Waals surface area contributed by atoms with Crippen LogP contribution in [0.3, 0.4) is 0 Å². The van der Waals surface area contributed by atoms with Crippen LogP contribution in [0.4, 0.5) is 0 Å². The molecule has 0 spiro atoms. The lowest BCUT2D eigenvalue weighted by Gasteiger charge is -2.34. The summed E-state index contributed by atoms with van der Waals surface area (Å²) in [4.78, 5) is 26.8. The molecule has 2 aliphatic heterocycles. The predicted octanol–water partition coefficient (Wildman–Crippen LogP) is 1.10. The molecule has 3 atom stereocenters. The topological polar surface area (TPSA) is 87.5 Å². The van der Waals surface area contributed by atoms with Crippen molar-refractivity contribution in [2.75, 3.05) is 26.2 Å². The molecular weight excluding hydrogens is 328 g/mol. The lowest BCUT2D eigenvalue weighted by Crippen LogP contribution is -2.48. The summed E-state index contributed by atoms with van der Waals surface area (Å²) in [6, 6.07) is 7.14. The van der Waals surface area contributed by atoms with E-state index < -0.39 is 6.04 Å². The highest BCUT2D eigenvalue weighted by Gasteiger charge is 2.29. The van der Waals surface area contributed by atoms with Gasteiger partial charge in [0.2, 0.25) is 11.8 Å². The van der Waals surface area contributed by atoms with Crippen LogP contribution in [0.5, 0.6) is 0 Å². The van der Waals surface area contributed by atoms with Gasteiger partial charge < -0.3 is 21.3 Å². The van der Waals surface area contributed by atoms with Crippen molar-refractivity contribution in [1.29, 1.82) is 0 Å². The van der Waals surface area contributed by atoms with Crippen LogP contribution >= 0.6 is 0 Å². The fourth-order valence-corrected chi connectivity index (χ4v) is 3.82. The van der Waals surface area contributed by atoms with Crippen molar-refractivity contribution in [3.05, 3.63) is 35.4 Å². The predicted molar refractivity (Wildman–Crippen MR) is 101 cm³/mol. The smallest absolute Gasteiger partial charge is 0.244 e. The van der Waals surface area contributed by atoms with Crippen LogP contribution in [0.2, 0.25) is 0 Å². The zero-order chi connectivity index (χ0) is 18.5. The maximum Gasteiger partial charge on any atom is 0.244 e. The minimum absolute atomic E-state index is 0.0256. The van der Waals surface area contributed by atoms with Crippen molar-refractivity contribution in [3.63, 3.8) is 0 Å². The number of likely N-dealkylation sites (tertiary alicyclic amines) is 1. The first-order chi connectivity index (χ1) is 12.5. The van der Waals surface area contributed by atoms with E-state index in [1.807, 2.05) is 36.1 Å². The average molecular weight is 358 g/mol. The molecule has 0 bridgehead atoms. The first kappa shape index (κ1) is 18.9. The Morgan fingerprint density at radius 3 is 2.73 bits per heavy atom. The van der Waals surface area contributed by atoms with Crippen molar-refractivity contribution in [2.24, 2.45) is 11.7 Å². The van der Waals surface area contributed by atoms with Crippen molar-refractivity contribution in [1.82, 2.24) is 15.5 Å². The molecule has 3 rings (SSSR count). The minimum atomic E-state index is -0.619. The molecule has 1 aromatic carbocycles. The average Bonchev–Trinajstić information content (AvgIpc) is 3.21. The Hall–Kier alpha value is -1.92. The number of nitrogens with zero attached hydrogens (tertiary/aromatic N) is 1. The number of nitrogens with one attached hydrogen (secondary N) is 2. The largest absolute Gasteiger partial charge is 0.354 e. The summed E-state index contributed by atoms with van der Waals surface area (Å²) in [5.74, 6) is 0.355. The highest BCUT2D eigenvalue weighted by molar-refractivity contribution is 5.83. The minimum Gasteiger partial charge on any atom is -0.354 e. The molecule has 0 aromatic heterocycles. The molecule has 6 heteroatoms. The number of carbonyl (C=O) groups is 2. The number of aryl methyl sites for hydroxylation is 1. The van der Waals surface area contributed by atoms with E-state index in [1.165, 1.54) is 0 Å². The third-order valence-corrected chi connectivity index (χ3v) is 5.47. The molecule has 0 aliphatic carbocycles. The van der Waals surface area contributed by atoms with E-state index in [9.17, 15) is 9.59 Å². The highest BCUT2D eigenvalue weighted by atomic mass is 16.2. The third-order valence-electron chi connectivity index (χ3n) is 5.47. The Bertz CT molecular complexity index is 625. The molecule has 2 heterocycles. The molecule has 0 saturated carbocycles. The van der Waals surface area contributed by atoms with Crippen LogP contribution in [0, 0.1) is 12.8 Å². The summed E-state index contributed by atoms with van der Waals surface area (Å²) >= 11 is 0. The van der Waals surface area contributed by atoms with Gasteiger partial charge in [0.05, 0.1) is 6.04 Å². The second-order valence-corrected chi connectivity index (χ2v) is 7.57. The van der Waals surface area contributed by atoms with E-state index in [0.717, 1.165) is 49.9 Å². The van der Waals surface area contributed by atoms with Crippen molar-refractivity contribution < 1.29 is 9.59 Å². The van der Waals surface area contributed by atoms with Gasteiger partial charge in [-0.05, 0) is 50.6 Å². The van der Waals surface area contributed by atoms with Gasteiger partial charge in [-0.3, -0.25) is 9.59 Å². The van der Waals surface area contributed by atoms with Gasteiger partial charge in [-0.1, -0.05) is 29.8 Å². The summed E-state index contributed by atoms with van der Waals surface area (Å²) in [6.45, 7) is 4.97. The molecule has 26 heavy (non-hydrogen) atoms. The molecule has 0 radical (unpaired) electrons. The second-order valence-electron chi connectivity index (χ2n) is 7.57. The van der Waals surface area contributed by atoms with Gasteiger partial charge in [-0.25, -0.2) is 0 Å². The molecular formula is C20H30N4O2. The lowest BCUT2D eigenvalue weighted by molar-refractivity contribution is -0.134. The summed E-state index contributed by atoms with van der Waals surface area (Å²) in [7, 11) is 0. The first-order valence-corrected chi connectivity index (χ1v) is 9.66. The number of rotatable bonds is 5. The monoisotopic (exact) mass is 358 g/mol. The standard InChI is InChI=1S/C20H30N4O2/c1-14-6-8-16(9-7-14)18(21)20(26)24-11-3-4-15(13-24)12-23-19(25)17-5-2-10-22-17/h6-9,15,17-18,22H,2-5,10-13,21H2,1H3,(H,23,25). The highest BCUT2D eigenvalue weighted by Crippen LogP contribution is 2.21. The number of nitrogens with two attached hydrogens (primary N) is 1. The van der Waals surface area contributed by atoms with Crippen LogP contribution in [0.1, 0.15) is 42.9 Å². The Morgan fingerprint density at radius 2 is 2.04 bits per heavy atom. The van der Waals surface area contributed by atoms with E-state index in [0.29, 0.717) is 19.0 Å². The van der Waals surface area contributed by atoms with Crippen LogP contribution in [-0.2, 0) is 9.59 Å². The Kier molecular flexibility index (Phi) is 6.27. The van der Waals surface area contributed by atoms with E-state index in [-0.39, 0.29) is 17.9 Å². The van der Waals surface area contributed by atoms with Crippen LogP contribution in [-0.4, -0.2) is 48.9 Å². The molecule has 2 saturated heterocycles. The first-order valence-electron chi connectivity index (χ1n) is 9.66. The number of hydrogen-bond acceptors (Lipinski definition) is 4. The van der Waals surface area contributed by atoms with Crippen LogP contribution in [0.15, 0.2) is 24.3 Å². The normalized spacial score (nSPS) is 24.3. The van der Waals surface area contributed by atoms with Gasteiger partial charge in [0.25, 0.3) is 0 Å². The Labute approximate surface area is 155 Å². The van der Waals surface area contributed by atoms with Gasteiger partial charge >= 0.3 is 0 Å². The zero-order valence-electron chi connectivity index (χ0n) is 15.5. The molecule has 2 fully saturated rings. The fraction of sp³-hybridized carbons (Fsp3) is 0.600. The van der Waals surface area contributed by atoms with Crippen molar-refractivity contribution in [2.45, 2.75) is 44.7 Å². The number of piperidine rings is 1. The van der Waals surface area contributed by atoms with E-state index in [2.05, 4.69) is 10.6 Å². The molecule has 142 valence electrons. The summed E-state index contributed by atoms with van der Waals surface area (Å²) in [5, 5.41) is 6.27. The number of benzene rings is 1. The van der Waals surface area contributed by atoms with Crippen LogP contribution in [0.25, 0.3) is 0 Å². The molecule has 4 N–H and O–H groups in total. The molecule has 2 aliphatic rings. The van der Waals surface area contributed by atoms with E-state index in [1.54, 1.807) is 0 Å². The lowest BCUT2D eigenvalue weighted by atomic mass is 9.96. The van der Waals surface area contributed by atoms with Crippen molar-refractivity contribution >= 4 is 11.8 Å². The van der Waals surface area contributed by atoms with Gasteiger partial charge in [0, 0.05) is 19.6 Å². The summed E-state index contributed by atoms with van der Waals surface area (Å²) < 4.78 is 0. The molecule has 3 unspecified atom stereocenters. The number of amides is 2.